The van der Waals surface area contributed by atoms with Gasteiger partial charge in [0.25, 0.3) is 5.56 Å². The second-order valence-electron chi connectivity index (χ2n) is 4.88. The van der Waals surface area contributed by atoms with Crippen molar-refractivity contribution < 1.29 is 0 Å². The maximum atomic E-state index is 11.4. The van der Waals surface area contributed by atoms with Crippen LogP contribution in [0.1, 0.15) is 16.1 Å². The number of thiophene rings is 1. The number of hydrogen-bond acceptors (Lipinski definition) is 3. The zero-order valence-corrected chi connectivity index (χ0v) is 13.0. The van der Waals surface area contributed by atoms with Gasteiger partial charge in [0.1, 0.15) is 0 Å². The van der Waals surface area contributed by atoms with Gasteiger partial charge in [-0.2, -0.15) is 5.10 Å². The summed E-state index contributed by atoms with van der Waals surface area (Å²) in [5.74, 6) is 0. The molecular formula is C15H14ClN3OS. The number of H-pyrrole nitrogens is 2. The molecule has 0 bridgehead atoms. The lowest BCUT2D eigenvalue weighted by Crippen LogP contribution is -2.07. The first-order valence-electron chi connectivity index (χ1n) is 6.60. The van der Waals surface area contributed by atoms with Crippen molar-refractivity contribution in [2.45, 2.75) is 19.8 Å². The third-order valence-electron chi connectivity index (χ3n) is 3.29. The summed E-state index contributed by atoms with van der Waals surface area (Å²) in [5.41, 5.74) is 3.44. The van der Waals surface area contributed by atoms with Crippen LogP contribution in [-0.2, 0) is 12.8 Å². The molecule has 0 aliphatic heterocycles. The van der Waals surface area contributed by atoms with Crippen LogP contribution in [-0.4, -0.2) is 15.2 Å². The van der Waals surface area contributed by atoms with Crippen molar-refractivity contribution in [3.05, 3.63) is 61.3 Å². The van der Waals surface area contributed by atoms with E-state index in [1.165, 1.54) is 4.88 Å². The van der Waals surface area contributed by atoms with Crippen LogP contribution in [0.2, 0.25) is 4.34 Å². The Morgan fingerprint density at radius 3 is 2.86 bits per heavy atom. The molecule has 0 fully saturated rings. The Kier molecular flexibility index (Phi) is 3.94. The lowest BCUT2D eigenvalue weighted by atomic mass is 10.1. The van der Waals surface area contributed by atoms with Crippen LogP contribution in [0.15, 0.2) is 35.3 Å². The number of nitrogens with zero attached hydrogens (tertiary/aromatic N) is 1. The predicted octanol–water partition coefficient (Wildman–Crippen LogP) is 3.57. The minimum Gasteiger partial charge on any atom is -0.328 e. The quantitative estimate of drug-likeness (QED) is 0.772. The fourth-order valence-electron chi connectivity index (χ4n) is 2.13. The third kappa shape index (κ3) is 3.25. The molecule has 0 unspecified atom stereocenters. The van der Waals surface area contributed by atoms with Gasteiger partial charge in [-0.25, -0.2) is 0 Å². The van der Waals surface area contributed by atoms with Crippen LogP contribution in [0.5, 0.6) is 0 Å². The molecule has 21 heavy (non-hydrogen) atoms. The molecule has 0 atom stereocenters. The number of halogens is 1. The number of nitrogens with one attached hydrogen (secondary N) is 2. The summed E-state index contributed by atoms with van der Waals surface area (Å²) in [6.07, 6.45) is 3.50. The van der Waals surface area contributed by atoms with E-state index in [9.17, 15) is 4.79 Å². The van der Waals surface area contributed by atoms with Gasteiger partial charge in [0.2, 0.25) is 0 Å². The Hall–Kier alpha value is -1.85. The average Bonchev–Trinajstić information content (AvgIpc) is 3.08. The summed E-state index contributed by atoms with van der Waals surface area (Å²) in [5, 5.41) is 7.35. The van der Waals surface area contributed by atoms with Gasteiger partial charge in [0.15, 0.2) is 0 Å². The lowest BCUT2D eigenvalue weighted by molar-refractivity contribution is 0.904. The van der Waals surface area contributed by atoms with Crippen molar-refractivity contribution in [1.29, 1.82) is 0 Å². The van der Waals surface area contributed by atoms with E-state index >= 15 is 0 Å². The van der Waals surface area contributed by atoms with Crippen molar-refractivity contribution in [2.24, 2.45) is 0 Å². The molecule has 0 amide bonds. The van der Waals surface area contributed by atoms with Crippen LogP contribution in [0.3, 0.4) is 0 Å². The van der Waals surface area contributed by atoms with E-state index in [0.29, 0.717) is 5.56 Å². The fraction of sp³-hybridized carbons (Fsp3) is 0.200. The summed E-state index contributed by atoms with van der Waals surface area (Å²) >= 11 is 7.53. The molecule has 4 nitrogen and oxygen atoms in total. The predicted molar refractivity (Wildman–Crippen MR) is 86.1 cm³/mol. The van der Waals surface area contributed by atoms with Crippen molar-refractivity contribution in [3.63, 3.8) is 0 Å². The zero-order valence-electron chi connectivity index (χ0n) is 11.4. The Balaban J connectivity index is 1.73. The largest absolute Gasteiger partial charge is 0.328 e. The highest BCUT2D eigenvalue weighted by molar-refractivity contribution is 7.16. The second kappa shape index (κ2) is 5.87. The van der Waals surface area contributed by atoms with Crippen LogP contribution in [0.25, 0.3) is 11.3 Å². The van der Waals surface area contributed by atoms with Crippen molar-refractivity contribution in [1.82, 2.24) is 15.2 Å². The highest BCUT2D eigenvalue weighted by Gasteiger charge is 2.06. The number of aromatic nitrogens is 3. The molecule has 2 N–H and O–H groups in total. The second-order valence-corrected chi connectivity index (χ2v) is 6.68. The third-order valence-corrected chi connectivity index (χ3v) is 4.58. The molecule has 3 aromatic rings. The average molecular weight is 320 g/mol. The minimum absolute atomic E-state index is 0.0657. The number of rotatable bonds is 4. The SMILES string of the molecule is Cc1cc(-c2cc(CCc3ccc(Cl)s3)[nH]n2)c[nH]c1=O. The van der Waals surface area contributed by atoms with E-state index in [1.54, 1.807) is 24.5 Å². The van der Waals surface area contributed by atoms with E-state index in [4.69, 9.17) is 11.6 Å². The highest BCUT2D eigenvalue weighted by Crippen LogP contribution is 2.23. The molecule has 0 aromatic carbocycles. The van der Waals surface area contributed by atoms with Crippen molar-refractivity contribution in [2.75, 3.05) is 0 Å². The van der Waals surface area contributed by atoms with E-state index in [0.717, 1.165) is 34.1 Å². The van der Waals surface area contributed by atoms with Crippen molar-refractivity contribution >= 4 is 22.9 Å². The summed E-state index contributed by atoms with van der Waals surface area (Å²) in [4.78, 5) is 15.3. The monoisotopic (exact) mass is 319 g/mol. The molecule has 0 aliphatic rings. The lowest BCUT2D eigenvalue weighted by Gasteiger charge is -1.97. The first kappa shape index (κ1) is 14.1. The summed E-state index contributed by atoms with van der Waals surface area (Å²) in [6, 6.07) is 7.83. The first-order valence-corrected chi connectivity index (χ1v) is 7.79. The molecule has 0 radical (unpaired) electrons. The maximum absolute atomic E-state index is 11.4. The van der Waals surface area contributed by atoms with Gasteiger partial charge in [0, 0.05) is 27.9 Å². The number of pyridine rings is 1. The number of hydrogen-bond donors (Lipinski definition) is 2. The fourth-order valence-corrected chi connectivity index (χ4v) is 3.21. The van der Waals surface area contributed by atoms with Crippen LogP contribution in [0.4, 0.5) is 0 Å². The zero-order chi connectivity index (χ0) is 14.8. The van der Waals surface area contributed by atoms with Gasteiger partial charge in [0.05, 0.1) is 10.0 Å². The Labute approximate surface area is 130 Å². The maximum Gasteiger partial charge on any atom is 0.250 e. The molecule has 0 aliphatic carbocycles. The van der Waals surface area contributed by atoms with Gasteiger partial charge >= 0.3 is 0 Å². The van der Waals surface area contributed by atoms with Crippen LogP contribution >= 0.6 is 22.9 Å². The molecular weight excluding hydrogens is 306 g/mol. The topological polar surface area (TPSA) is 61.5 Å². The molecule has 108 valence electrons. The van der Waals surface area contributed by atoms with E-state index in [2.05, 4.69) is 21.2 Å². The van der Waals surface area contributed by atoms with Gasteiger partial charge in [-0.3, -0.25) is 9.89 Å². The Bertz CT molecular complexity index is 818. The van der Waals surface area contributed by atoms with E-state index in [1.807, 2.05) is 18.2 Å². The summed E-state index contributed by atoms with van der Waals surface area (Å²) in [7, 11) is 0. The van der Waals surface area contributed by atoms with E-state index in [-0.39, 0.29) is 5.56 Å². The van der Waals surface area contributed by atoms with Gasteiger partial charge in [-0.15, -0.1) is 11.3 Å². The number of aromatic amines is 2. The van der Waals surface area contributed by atoms with Gasteiger partial charge < -0.3 is 4.98 Å². The molecule has 0 saturated heterocycles. The van der Waals surface area contributed by atoms with Gasteiger partial charge in [-0.1, -0.05) is 11.6 Å². The highest BCUT2D eigenvalue weighted by atomic mass is 35.5. The summed E-state index contributed by atoms with van der Waals surface area (Å²) < 4.78 is 0.819. The Morgan fingerprint density at radius 2 is 2.14 bits per heavy atom. The molecule has 3 heterocycles. The smallest absolute Gasteiger partial charge is 0.250 e. The summed E-state index contributed by atoms with van der Waals surface area (Å²) in [6.45, 7) is 1.79. The van der Waals surface area contributed by atoms with Crippen molar-refractivity contribution in [3.8, 4) is 11.3 Å². The van der Waals surface area contributed by atoms with E-state index < -0.39 is 0 Å². The molecule has 6 heteroatoms. The first-order chi connectivity index (χ1) is 10.1. The number of aryl methyl sites for hydroxylation is 3. The minimum atomic E-state index is -0.0657. The molecule has 0 spiro atoms. The molecule has 0 saturated carbocycles. The standard InChI is InChI=1S/C15H14ClN3OS/c1-9-6-10(8-17-15(9)20)13-7-11(18-19-13)2-3-12-4-5-14(16)21-12/h4-8H,2-3H2,1H3,(H,17,20)(H,18,19). The van der Waals surface area contributed by atoms with Crippen LogP contribution < -0.4 is 5.56 Å². The van der Waals surface area contributed by atoms with Gasteiger partial charge in [-0.05, 0) is 44.0 Å². The van der Waals surface area contributed by atoms with Crippen LogP contribution in [0, 0.1) is 6.92 Å². The normalized spacial score (nSPS) is 11.0. The Morgan fingerprint density at radius 1 is 1.29 bits per heavy atom. The molecule has 3 rings (SSSR count). The molecule has 3 aromatic heterocycles.